The van der Waals surface area contributed by atoms with Gasteiger partial charge < -0.3 is 10.6 Å². The van der Waals surface area contributed by atoms with Crippen LogP contribution in [0.4, 0.5) is 11.6 Å². The number of rotatable bonds is 5. The van der Waals surface area contributed by atoms with E-state index in [1.807, 2.05) is 30.3 Å². The number of hydrogen-bond donors (Lipinski definition) is 2. The van der Waals surface area contributed by atoms with E-state index in [1.165, 1.54) is 0 Å². The second-order valence-corrected chi connectivity index (χ2v) is 4.93. The molecule has 2 N–H and O–H groups in total. The van der Waals surface area contributed by atoms with Crippen molar-refractivity contribution in [3.63, 3.8) is 0 Å². The first-order valence-electron chi connectivity index (χ1n) is 5.77. The Labute approximate surface area is 115 Å². The Morgan fingerprint density at radius 2 is 1.83 bits per heavy atom. The van der Waals surface area contributed by atoms with E-state index >= 15 is 0 Å². The molecule has 2 rings (SSSR count). The lowest BCUT2D eigenvalue weighted by molar-refractivity contribution is 0.826. The summed E-state index contributed by atoms with van der Waals surface area (Å²) in [5.74, 6) is 0.639. The molecule has 18 heavy (non-hydrogen) atoms. The summed E-state index contributed by atoms with van der Waals surface area (Å²) in [4.78, 5) is 8.32. The van der Waals surface area contributed by atoms with Crippen LogP contribution < -0.4 is 10.6 Å². The van der Waals surface area contributed by atoms with Gasteiger partial charge in [-0.15, -0.1) is 0 Å². The summed E-state index contributed by atoms with van der Waals surface area (Å²) in [7, 11) is 0. The van der Waals surface area contributed by atoms with Gasteiger partial charge in [-0.1, -0.05) is 18.2 Å². The van der Waals surface area contributed by atoms with Crippen molar-refractivity contribution in [1.29, 1.82) is 0 Å². The molecule has 2 aromatic rings. The summed E-state index contributed by atoms with van der Waals surface area (Å²) in [6.07, 6.45) is 3.45. The minimum atomic E-state index is 0.291. The van der Waals surface area contributed by atoms with Gasteiger partial charge in [0.15, 0.2) is 0 Å². The highest BCUT2D eigenvalue weighted by molar-refractivity contribution is 9.10. The van der Waals surface area contributed by atoms with Crippen LogP contribution in [0.25, 0.3) is 0 Å². The van der Waals surface area contributed by atoms with Gasteiger partial charge in [-0.2, -0.15) is 0 Å². The van der Waals surface area contributed by atoms with E-state index < -0.39 is 0 Å². The first-order valence-corrected chi connectivity index (χ1v) is 6.56. The zero-order valence-electron chi connectivity index (χ0n) is 10.1. The van der Waals surface area contributed by atoms with Gasteiger partial charge in [0.1, 0.15) is 0 Å². The van der Waals surface area contributed by atoms with E-state index in [2.05, 4.69) is 43.5 Å². The van der Waals surface area contributed by atoms with Crippen LogP contribution in [0, 0.1) is 0 Å². The normalized spacial score (nSPS) is 11.9. The summed E-state index contributed by atoms with van der Waals surface area (Å²) in [6, 6.07) is 10.4. The van der Waals surface area contributed by atoms with Gasteiger partial charge in [0, 0.05) is 30.7 Å². The van der Waals surface area contributed by atoms with Crippen LogP contribution in [0.3, 0.4) is 0 Å². The fourth-order valence-corrected chi connectivity index (χ4v) is 1.72. The van der Waals surface area contributed by atoms with E-state index in [9.17, 15) is 0 Å². The van der Waals surface area contributed by atoms with Gasteiger partial charge >= 0.3 is 0 Å². The minimum Gasteiger partial charge on any atom is -0.381 e. The summed E-state index contributed by atoms with van der Waals surface area (Å²) < 4.78 is 0.878. The van der Waals surface area contributed by atoms with E-state index in [-0.39, 0.29) is 0 Å². The van der Waals surface area contributed by atoms with Gasteiger partial charge in [0.2, 0.25) is 5.95 Å². The molecule has 1 heterocycles. The third-order valence-corrected chi connectivity index (χ3v) is 2.78. The molecule has 0 aliphatic carbocycles. The van der Waals surface area contributed by atoms with Crippen molar-refractivity contribution < 1.29 is 0 Å². The molecule has 0 bridgehead atoms. The predicted molar refractivity (Wildman–Crippen MR) is 77.7 cm³/mol. The molecule has 0 saturated heterocycles. The Morgan fingerprint density at radius 1 is 1.17 bits per heavy atom. The van der Waals surface area contributed by atoms with Gasteiger partial charge in [-0.05, 0) is 35.0 Å². The average molecular weight is 307 g/mol. The Bertz CT molecular complexity index is 472. The highest BCUT2D eigenvalue weighted by Gasteiger charge is 2.02. The summed E-state index contributed by atoms with van der Waals surface area (Å²) in [5.41, 5.74) is 1.11. The van der Waals surface area contributed by atoms with Crippen LogP contribution in [-0.4, -0.2) is 22.6 Å². The van der Waals surface area contributed by atoms with Crippen molar-refractivity contribution in [1.82, 2.24) is 9.97 Å². The van der Waals surface area contributed by atoms with Gasteiger partial charge in [-0.3, -0.25) is 0 Å². The van der Waals surface area contributed by atoms with E-state index in [1.54, 1.807) is 12.4 Å². The first-order chi connectivity index (χ1) is 8.74. The van der Waals surface area contributed by atoms with Crippen LogP contribution in [-0.2, 0) is 0 Å². The van der Waals surface area contributed by atoms with Crippen LogP contribution in [0.15, 0.2) is 47.2 Å². The maximum absolute atomic E-state index is 4.16. The molecule has 1 atom stereocenters. The van der Waals surface area contributed by atoms with Crippen LogP contribution in [0.1, 0.15) is 6.92 Å². The van der Waals surface area contributed by atoms with E-state index in [0.29, 0.717) is 12.0 Å². The lowest BCUT2D eigenvalue weighted by Gasteiger charge is -2.15. The Kier molecular flexibility index (Phi) is 4.52. The Balaban J connectivity index is 1.81. The Morgan fingerprint density at radius 3 is 2.50 bits per heavy atom. The number of para-hydroxylation sites is 1. The molecule has 0 spiro atoms. The average Bonchev–Trinajstić information content (AvgIpc) is 2.39. The topological polar surface area (TPSA) is 49.8 Å². The van der Waals surface area contributed by atoms with Crippen LogP contribution in [0.2, 0.25) is 0 Å². The molecule has 0 saturated carbocycles. The molecule has 1 aromatic carbocycles. The standard InChI is InChI=1S/C13H15BrN4/c1-10(18-12-5-3-2-4-6-12)7-15-13-16-8-11(14)9-17-13/h2-6,8-10,18H,7H2,1H3,(H,15,16,17). The zero-order valence-corrected chi connectivity index (χ0v) is 11.7. The van der Waals surface area contributed by atoms with Crippen molar-refractivity contribution in [3.8, 4) is 0 Å². The fraction of sp³-hybridized carbons (Fsp3) is 0.231. The van der Waals surface area contributed by atoms with Gasteiger partial charge in [0.25, 0.3) is 0 Å². The highest BCUT2D eigenvalue weighted by atomic mass is 79.9. The maximum Gasteiger partial charge on any atom is 0.222 e. The monoisotopic (exact) mass is 306 g/mol. The number of benzene rings is 1. The molecule has 0 aliphatic heterocycles. The number of nitrogens with one attached hydrogen (secondary N) is 2. The second-order valence-electron chi connectivity index (χ2n) is 4.02. The van der Waals surface area contributed by atoms with Crippen molar-refractivity contribution >= 4 is 27.6 Å². The first kappa shape index (κ1) is 12.8. The summed E-state index contributed by atoms with van der Waals surface area (Å²) in [5, 5.41) is 6.58. The van der Waals surface area contributed by atoms with Gasteiger partial charge in [-0.25, -0.2) is 9.97 Å². The lowest BCUT2D eigenvalue weighted by atomic mass is 10.2. The summed E-state index contributed by atoms with van der Waals surface area (Å²) in [6.45, 7) is 2.87. The molecule has 4 nitrogen and oxygen atoms in total. The molecule has 0 aliphatic rings. The van der Waals surface area contributed by atoms with Crippen molar-refractivity contribution in [2.24, 2.45) is 0 Å². The molecule has 94 valence electrons. The third-order valence-electron chi connectivity index (χ3n) is 2.37. The molecule has 1 aromatic heterocycles. The lowest BCUT2D eigenvalue weighted by Crippen LogP contribution is -2.25. The molecule has 0 fully saturated rings. The van der Waals surface area contributed by atoms with Crippen molar-refractivity contribution in [2.45, 2.75) is 13.0 Å². The number of nitrogens with zero attached hydrogens (tertiary/aromatic N) is 2. The third kappa shape index (κ3) is 4.00. The maximum atomic E-state index is 4.16. The second kappa shape index (κ2) is 6.35. The molecular weight excluding hydrogens is 292 g/mol. The SMILES string of the molecule is CC(CNc1ncc(Br)cn1)Nc1ccccc1. The smallest absolute Gasteiger partial charge is 0.222 e. The van der Waals surface area contributed by atoms with Crippen molar-refractivity contribution in [3.05, 3.63) is 47.2 Å². The fourth-order valence-electron chi connectivity index (χ4n) is 1.52. The molecule has 1 unspecified atom stereocenters. The number of halogens is 1. The predicted octanol–water partition coefficient (Wildman–Crippen LogP) is 3.15. The van der Waals surface area contributed by atoms with E-state index in [0.717, 1.165) is 16.7 Å². The Hall–Kier alpha value is -1.62. The number of aromatic nitrogens is 2. The highest BCUT2D eigenvalue weighted by Crippen LogP contribution is 2.08. The van der Waals surface area contributed by atoms with Crippen LogP contribution >= 0.6 is 15.9 Å². The van der Waals surface area contributed by atoms with Crippen LogP contribution in [0.5, 0.6) is 0 Å². The molecule has 0 amide bonds. The van der Waals surface area contributed by atoms with E-state index in [4.69, 9.17) is 0 Å². The quantitative estimate of drug-likeness (QED) is 0.891. The largest absolute Gasteiger partial charge is 0.381 e. The van der Waals surface area contributed by atoms with Gasteiger partial charge in [0.05, 0.1) is 4.47 Å². The minimum absolute atomic E-state index is 0.291. The number of anilines is 2. The number of hydrogen-bond acceptors (Lipinski definition) is 4. The zero-order chi connectivity index (χ0) is 12.8. The molecular formula is C13H15BrN4. The molecule has 0 radical (unpaired) electrons. The molecule has 5 heteroatoms. The summed E-state index contributed by atoms with van der Waals surface area (Å²) >= 11 is 3.30. The van der Waals surface area contributed by atoms with Crippen molar-refractivity contribution in [2.75, 3.05) is 17.2 Å².